The lowest BCUT2D eigenvalue weighted by Gasteiger charge is -2.07. The normalized spacial score (nSPS) is 11.2. The molecule has 150 valence electrons. The summed E-state index contributed by atoms with van der Waals surface area (Å²) in [7, 11) is 1.10. The minimum atomic E-state index is -4.24. The van der Waals surface area contributed by atoms with Crippen molar-refractivity contribution in [1.29, 1.82) is 0 Å². The van der Waals surface area contributed by atoms with E-state index in [2.05, 4.69) is 17.0 Å². The minimum Gasteiger partial charge on any atom is -0.466 e. The number of nitrogens with two attached hydrogens (primary N) is 1. The van der Waals surface area contributed by atoms with Gasteiger partial charge in [-0.25, -0.2) is 4.79 Å². The van der Waals surface area contributed by atoms with E-state index in [0.717, 1.165) is 12.6 Å². The molecule has 0 spiro atoms. The molecule has 1 unspecified atom stereocenters. The third-order valence-electron chi connectivity index (χ3n) is 2.06. The summed E-state index contributed by atoms with van der Waals surface area (Å²) in [6.07, 6.45) is -0.697. The van der Waals surface area contributed by atoms with Gasteiger partial charge in [-0.05, 0) is 28.1 Å². The Balaban J connectivity index is -0.000000362. The van der Waals surface area contributed by atoms with E-state index in [9.17, 15) is 18.0 Å². The van der Waals surface area contributed by atoms with Gasteiger partial charge in [0, 0.05) is 12.6 Å². The number of rotatable bonds is 9. The zero-order chi connectivity index (χ0) is 20.5. The summed E-state index contributed by atoms with van der Waals surface area (Å²) in [4.78, 5) is 23.1. The Labute approximate surface area is 149 Å². The lowest BCUT2D eigenvalue weighted by molar-refractivity contribution is -0.145. The predicted octanol–water partition coefficient (Wildman–Crippen LogP) is -0.960. The van der Waals surface area contributed by atoms with Crippen LogP contribution in [-0.2, 0) is 29.2 Å². The lowest BCUT2D eigenvalue weighted by Crippen LogP contribution is -2.24. The summed E-state index contributed by atoms with van der Waals surface area (Å²) in [5, 5.41) is 8.94. The first-order chi connectivity index (χ1) is 11.5. The van der Waals surface area contributed by atoms with Crippen molar-refractivity contribution >= 4 is 22.1 Å². The van der Waals surface area contributed by atoms with Gasteiger partial charge in [0.15, 0.2) is 0 Å². The van der Waals surface area contributed by atoms with Crippen LogP contribution in [0.15, 0.2) is 12.7 Å². The molecule has 0 rings (SSSR count). The molecule has 4 N–H and O–H groups in total. The molecule has 25 heavy (non-hydrogen) atoms. The van der Waals surface area contributed by atoms with E-state index in [1.807, 2.05) is 19.0 Å². The first-order valence-corrected chi connectivity index (χ1v) is 8.93. The predicted molar refractivity (Wildman–Crippen MR) is 93.5 cm³/mol. The lowest BCUT2D eigenvalue weighted by atomic mass is 10.3. The average Bonchev–Trinajstić information content (AvgIpc) is 2.47. The number of aliphatic hydroxyl groups is 1. The molecule has 0 aliphatic rings. The number of nitrogens with zero attached hydrogens (tertiary/aromatic N) is 1. The van der Waals surface area contributed by atoms with Gasteiger partial charge >= 0.3 is 11.9 Å². The van der Waals surface area contributed by atoms with Crippen LogP contribution in [0.5, 0.6) is 0 Å². The van der Waals surface area contributed by atoms with Crippen LogP contribution in [-0.4, -0.2) is 87.7 Å². The van der Waals surface area contributed by atoms with Crippen LogP contribution in [0.2, 0.25) is 0 Å². The third kappa shape index (κ3) is 27.6. The summed E-state index contributed by atoms with van der Waals surface area (Å²) >= 11 is 0. The van der Waals surface area contributed by atoms with Gasteiger partial charge < -0.3 is 25.2 Å². The molecule has 0 fully saturated rings. The summed E-state index contributed by atoms with van der Waals surface area (Å²) in [6, 6.07) is 0. The number of carbonyl (C=O) groups is 2. The Morgan fingerprint density at radius 2 is 1.80 bits per heavy atom. The van der Waals surface area contributed by atoms with Gasteiger partial charge in [0.1, 0.15) is 12.4 Å². The van der Waals surface area contributed by atoms with Gasteiger partial charge in [0.25, 0.3) is 10.1 Å². The number of hydrogen-bond acceptors (Lipinski definition) is 9. The quantitative estimate of drug-likeness (QED) is 0.256. The van der Waals surface area contributed by atoms with Crippen molar-refractivity contribution in [1.82, 2.24) is 4.90 Å². The molecule has 10 nitrogen and oxygen atoms in total. The molecule has 0 amide bonds. The fourth-order valence-electron chi connectivity index (χ4n) is 1.10. The van der Waals surface area contributed by atoms with Crippen LogP contribution >= 0.6 is 0 Å². The van der Waals surface area contributed by atoms with Crippen molar-refractivity contribution in [2.24, 2.45) is 5.73 Å². The van der Waals surface area contributed by atoms with Crippen molar-refractivity contribution < 1.29 is 37.1 Å². The number of esters is 2. The highest BCUT2D eigenvalue weighted by atomic mass is 32.2. The van der Waals surface area contributed by atoms with E-state index in [1.165, 1.54) is 7.05 Å². The smallest absolute Gasteiger partial charge is 0.330 e. The van der Waals surface area contributed by atoms with Crippen molar-refractivity contribution in [3.63, 3.8) is 0 Å². The number of carbonyl (C=O) groups excluding carboxylic acids is 2. The van der Waals surface area contributed by atoms with E-state index in [-0.39, 0.29) is 12.6 Å². The van der Waals surface area contributed by atoms with Crippen LogP contribution in [0.4, 0.5) is 0 Å². The first-order valence-electron chi connectivity index (χ1n) is 7.32. The molecule has 0 radical (unpaired) electrons. The highest BCUT2D eigenvalue weighted by molar-refractivity contribution is 7.85. The molecule has 0 aromatic heterocycles. The fraction of sp³-hybridized carbons (Fsp3) is 0.714. The maximum Gasteiger partial charge on any atom is 0.330 e. The summed E-state index contributed by atoms with van der Waals surface area (Å²) < 4.78 is 37.9. The Morgan fingerprint density at radius 3 is 2.16 bits per heavy atom. The van der Waals surface area contributed by atoms with Gasteiger partial charge in [0.05, 0.1) is 19.1 Å². The molecule has 0 aliphatic carbocycles. The molecule has 0 heterocycles. The second kappa shape index (κ2) is 17.3. The van der Waals surface area contributed by atoms with Crippen LogP contribution < -0.4 is 5.73 Å². The van der Waals surface area contributed by atoms with Gasteiger partial charge in [-0.1, -0.05) is 6.58 Å². The Kier molecular flexibility index (Phi) is 19.6. The fourth-order valence-corrected chi connectivity index (χ4v) is 1.71. The van der Waals surface area contributed by atoms with Gasteiger partial charge in [-0.3, -0.25) is 9.35 Å². The molecule has 0 bridgehead atoms. The van der Waals surface area contributed by atoms with Crippen molar-refractivity contribution in [2.75, 3.05) is 46.7 Å². The highest BCUT2D eigenvalue weighted by Gasteiger charge is 2.17. The number of hydrogen-bond donors (Lipinski definition) is 3. The first kappa shape index (κ1) is 28.3. The monoisotopic (exact) mass is 386 g/mol. The molecular formula is C14H30N2O8S. The molecule has 0 aromatic rings. The standard InChI is InChI=1S/C7H13NO2.C6H12O6S.CH5N/c1-4-7(9)10-6-5-8(2)3;1-2-12-6(8)3-5(7)4-13(9,10)11;1-2/h4H,1,5-6H2,2-3H3;5,7H,2-4H2,1H3,(H,9,10,11);2H2,1H3. The van der Waals surface area contributed by atoms with E-state index >= 15 is 0 Å². The second-order valence-electron chi connectivity index (χ2n) is 4.59. The Bertz CT molecular complexity index is 465. The van der Waals surface area contributed by atoms with Crippen molar-refractivity contribution in [3.8, 4) is 0 Å². The Hall–Kier alpha value is -1.53. The summed E-state index contributed by atoms with van der Waals surface area (Å²) in [5.41, 5.74) is 4.50. The van der Waals surface area contributed by atoms with Gasteiger partial charge in [-0.15, -0.1) is 0 Å². The van der Waals surface area contributed by atoms with E-state index in [4.69, 9.17) is 14.4 Å². The molecule has 0 saturated heterocycles. The molecule has 0 saturated carbocycles. The average molecular weight is 386 g/mol. The minimum absolute atomic E-state index is 0.164. The maximum atomic E-state index is 10.7. The number of aliphatic hydroxyl groups excluding tert-OH is 1. The highest BCUT2D eigenvalue weighted by Crippen LogP contribution is 1.98. The van der Waals surface area contributed by atoms with Crippen LogP contribution in [0.25, 0.3) is 0 Å². The number of likely N-dealkylation sites (N-methyl/N-ethyl adjacent to an activating group) is 1. The zero-order valence-corrected chi connectivity index (χ0v) is 16.0. The molecule has 0 aromatic carbocycles. The Morgan fingerprint density at radius 1 is 1.28 bits per heavy atom. The zero-order valence-electron chi connectivity index (χ0n) is 15.2. The maximum absolute atomic E-state index is 10.7. The van der Waals surface area contributed by atoms with Crippen LogP contribution in [0, 0.1) is 0 Å². The summed E-state index contributed by atoms with van der Waals surface area (Å²) in [6.45, 7) is 6.20. The number of ether oxygens (including phenoxy) is 2. The summed E-state index contributed by atoms with van der Waals surface area (Å²) in [5.74, 6) is -1.91. The molecule has 11 heteroatoms. The molecule has 0 aliphatic heterocycles. The van der Waals surface area contributed by atoms with Crippen molar-refractivity contribution in [2.45, 2.75) is 19.4 Å². The largest absolute Gasteiger partial charge is 0.466 e. The second-order valence-corrected chi connectivity index (χ2v) is 6.08. The van der Waals surface area contributed by atoms with Gasteiger partial charge in [0.2, 0.25) is 0 Å². The van der Waals surface area contributed by atoms with E-state index in [0.29, 0.717) is 6.61 Å². The van der Waals surface area contributed by atoms with E-state index < -0.39 is 34.4 Å². The van der Waals surface area contributed by atoms with Crippen molar-refractivity contribution in [3.05, 3.63) is 12.7 Å². The van der Waals surface area contributed by atoms with Crippen LogP contribution in [0.3, 0.4) is 0 Å². The van der Waals surface area contributed by atoms with E-state index in [1.54, 1.807) is 6.92 Å². The molecular weight excluding hydrogens is 356 g/mol. The third-order valence-corrected chi connectivity index (χ3v) is 2.87. The van der Waals surface area contributed by atoms with Gasteiger partial charge in [-0.2, -0.15) is 8.42 Å². The molecule has 1 atom stereocenters. The SMILES string of the molecule is C=CC(=O)OCCN(C)C.CCOC(=O)CC(O)CS(=O)(=O)O.CN. The topological polar surface area (TPSA) is 156 Å². The van der Waals surface area contributed by atoms with Crippen LogP contribution in [0.1, 0.15) is 13.3 Å².